The van der Waals surface area contributed by atoms with Crippen LogP contribution in [0.1, 0.15) is 17.7 Å². The van der Waals surface area contributed by atoms with Crippen molar-refractivity contribution in [3.05, 3.63) is 45.7 Å². The fourth-order valence-corrected chi connectivity index (χ4v) is 2.43. The van der Waals surface area contributed by atoms with Crippen molar-refractivity contribution in [1.29, 1.82) is 0 Å². The Bertz CT molecular complexity index is 574. The van der Waals surface area contributed by atoms with Gasteiger partial charge in [0.05, 0.1) is 5.69 Å². The molecule has 0 saturated heterocycles. The third-order valence-corrected chi connectivity index (χ3v) is 3.61. The van der Waals surface area contributed by atoms with Gasteiger partial charge >= 0.3 is 0 Å². The van der Waals surface area contributed by atoms with Crippen LogP contribution < -0.4 is 5.32 Å². The number of nitrogens with one attached hydrogen (secondary N) is 1. The molecule has 114 valence electrons. The molecule has 7 heteroatoms. The molecule has 0 fully saturated rings. The third-order valence-electron chi connectivity index (χ3n) is 3.02. The van der Waals surface area contributed by atoms with Gasteiger partial charge in [-0.05, 0) is 37.1 Å². The van der Waals surface area contributed by atoms with Crippen LogP contribution >= 0.6 is 23.2 Å². The highest BCUT2D eigenvalue weighted by molar-refractivity contribution is 6.35. The van der Waals surface area contributed by atoms with E-state index in [1.807, 2.05) is 18.3 Å². The molecule has 0 atom stereocenters. The first-order valence-electron chi connectivity index (χ1n) is 6.83. The van der Waals surface area contributed by atoms with E-state index in [9.17, 15) is 0 Å². The smallest absolute Gasteiger partial charge is 0.0964 e. The summed E-state index contributed by atoms with van der Waals surface area (Å²) in [5.74, 6) is 0. The molecule has 0 unspecified atom stereocenters. The Hall–Kier alpha value is -1.14. The average Bonchev–Trinajstić information content (AvgIpc) is 2.91. The largest absolute Gasteiger partial charge is 0.396 e. The molecule has 1 aromatic heterocycles. The van der Waals surface area contributed by atoms with Gasteiger partial charge in [-0.3, -0.25) is 4.68 Å². The molecule has 0 amide bonds. The predicted molar refractivity (Wildman–Crippen MR) is 83.6 cm³/mol. The molecule has 0 aliphatic rings. The second-order valence-electron chi connectivity index (χ2n) is 4.71. The van der Waals surface area contributed by atoms with Crippen molar-refractivity contribution in [3.8, 4) is 0 Å². The van der Waals surface area contributed by atoms with E-state index in [1.54, 1.807) is 10.7 Å². The van der Waals surface area contributed by atoms with Gasteiger partial charge in [-0.25, -0.2) is 0 Å². The molecule has 0 saturated carbocycles. The summed E-state index contributed by atoms with van der Waals surface area (Å²) in [6.07, 6.45) is 3.40. The van der Waals surface area contributed by atoms with Gasteiger partial charge in [0.1, 0.15) is 0 Å². The van der Waals surface area contributed by atoms with E-state index in [1.165, 1.54) is 0 Å². The number of aliphatic hydroxyl groups excluding tert-OH is 1. The first-order chi connectivity index (χ1) is 10.2. The lowest BCUT2D eigenvalue weighted by atomic mass is 10.1. The van der Waals surface area contributed by atoms with Crippen molar-refractivity contribution in [2.24, 2.45) is 0 Å². The van der Waals surface area contributed by atoms with E-state index in [0.29, 0.717) is 29.6 Å². The number of hydrogen-bond donors (Lipinski definition) is 2. The number of benzene rings is 1. The second-order valence-corrected chi connectivity index (χ2v) is 5.56. The standard InChI is InChI=1S/C14H18Cl2N4O/c15-12-3-2-11(14(16)8-12)4-5-17-9-13-10-20(19-18-13)6-1-7-21/h2-3,8,10,17,21H,1,4-7,9H2. The maximum atomic E-state index is 8.76. The number of hydrogen-bond acceptors (Lipinski definition) is 4. The zero-order chi connectivity index (χ0) is 15.1. The number of aromatic nitrogens is 3. The maximum Gasteiger partial charge on any atom is 0.0964 e. The van der Waals surface area contributed by atoms with Crippen LogP contribution in [0, 0.1) is 0 Å². The van der Waals surface area contributed by atoms with Crippen LogP contribution in [0.3, 0.4) is 0 Å². The van der Waals surface area contributed by atoms with Crippen LogP contribution in [0.25, 0.3) is 0 Å². The Balaban J connectivity index is 1.73. The van der Waals surface area contributed by atoms with Crippen LogP contribution in [-0.4, -0.2) is 33.3 Å². The molecular formula is C14H18Cl2N4O. The van der Waals surface area contributed by atoms with E-state index >= 15 is 0 Å². The van der Waals surface area contributed by atoms with Gasteiger partial charge in [-0.2, -0.15) is 0 Å². The number of rotatable bonds is 8. The van der Waals surface area contributed by atoms with Gasteiger partial charge in [0.2, 0.25) is 0 Å². The number of halogens is 2. The monoisotopic (exact) mass is 328 g/mol. The lowest BCUT2D eigenvalue weighted by Crippen LogP contribution is -2.17. The quantitative estimate of drug-likeness (QED) is 0.730. The Labute approximate surface area is 133 Å². The van der Waals surface area contributed by atoms with Crippen molar-refractivity contribution in [3.63, 3.8) is 0 Å². The molecule has 21 heavy (non-hydrogen) atoms. The van der Waals surface area contributed by atoms with Crippen molar-refractivity contribution in [2.75, 3.05) is 13.2 Å². The summed E-state index contributed by atoms with van der Waals surface area (Å²) in [5, 5.41) is 21.5. The highest BCUT2D eigenvalue weighted by Crippen LogP contribution is 2.21. The summed E-state index contributed by atoms with van der Waals surface area (Å²) in [7, 11) is 0. The third kappa shape index (κ3) is 5.28. The fraction of sp³-hybridized carbons (Fsp3) is 0.429. The van der Waals surface area contributed by atoms with Crippen LogP contribution in [-0.2, 0) is 19.5 Å². The lowest BCUT2D eigenvalue weighted by molar-refractivity contribution is 0.276. The maximum absolute atomic E-state index is 8.76. The van der Waals surface area contributed by atoms with E-state index in [2.05, 4.69) is 15.6 Å². The van der Waals surface area contributed by atoms with E-state index < -0.39 is 0 Å². The highest BCUT2D eigenvalue weighted by Gasteiger charge is 2.03. The normalized spacial score (nSPS) is 11.0. The summed E-state index contributed by atoms with van der Waals surface area (Å²) in [4.78, 5) is 0. The Kier molecular flexibility index (Phi) is 6.45. The van der Waals surface area contributed by atoms with Gasteiger partial charge in [0.15, 0.2) is 0 Å². The van der Waals surface area contributed by atoms with Gasteiger partial charge < -0.3 is 10.4 Å². The van der Waals surface area contributed by atoms with Crippen LogP contribution in [0.5, 0.6) is 0 Å². The van der Waals surface area contributed by atoms with Crippen LogP contribution in [0.15, 0.2) is 24.4 Å². The molecule has 2 aromatic rings. The summed E-state index contributed by atoms with van der Waals surface area (Å²) in [5.41, 5.74) is 1.95. The Morgan fingerprint density at radius 3 is 2.90 bits per heavy atom. The van der Waals surface area contributed by atoms with Gasteiger partial charge in [-0.1, -0.05) is 34.5 Å². The molecule has 5 nitrogen and oxygen atoms in total. The number of aliphatic hydroxyl groups is 1. The van der Waals surface area contributed by atoms with E-state index in [-0.39, 0.29) is 6.61 Å². The summed E-state index contributed by atoms with van der Waals surface area (Å²) < 4.78 is 1.74. The van der Waals surface area contributed by atoms with Crippen LogP contribution in [0.4, 0.5) is 0 Å². The SMILES string of the molecule is OCCCn1cc(CNCCc2ccc(Cl)cc2Cl)nn1. The average molecular weight is 329 g/mol. The molecule has 0 spiro atoms. The van der Waals surface area contributed by atoms with Crippen LogP contribution in [0.2, 0.25) is 10.0 Å². The first-order valence-corrected chi connectivity index (χ1v) is 7.59. The molecule has 0 aliphatic heterocycles. The summed E-state index contributed by atoms with van der Waals surface area (Å²) >= 11 is 12.0. The minimum Gasteiger partial charge on any atom is -0.396 e. The van der Waals surface area contributed by atoms with E-state index in [0.717, 1.165) is 24.2 Å². The number of nitrogens with zero attached hydrogens (tertiary/aromatic N) is 3. The molecule has 1 aromatic carbocycles. The van der Waals surface area contributed by atoms with Gasteiger partial charge in [-0.15, -0.1) is 5.10 Å². The van der Waals surface area contributed by atoms with Crippen molar-refractivity contribution < 1.29 is 5.11 Å². The van der Waals surface area contributed by atoms with Gasteiger partial charge in [0, 0.05) is 35.9 Å². The predicted octanol–water partition coefficient (Wildman–Crippen LogP) is 2.30. The highest BCUT2D eigenvalue weighted by atomic mass is 35.5. The minimum absolute atomic E-state index is 0.162. The zero-order valence-corrected chi connectivity index (χ0v) is 13.1. The number of aryl methyl sites for hydroxylation is 1. The molecule has 0 aliphatic carbocycles. The second kappa shape index (κ2) is 8.34. The van der Waals surface area contributed by atoms with Crippen molar-refractivity contribution >= 4 is 23.2 Å². The Morgan fingerprint density at radius 1 is 1.29 bits per heavy atom. The molecule has 0 bridgehead atoms. The minimum atomic E-state index is 0.162. The molecular weight excluding hydrogens is 311 g/mol. The lowest BCUT2D eigenvalue weighted by Gasteiger charge is -2.05. The molecule has 2 rings (SSSR count). The zero-order valence-electron chi connectivity index (χ0n) is 11.6. The molecule has 2 N–H and O–H groups in total. The Morgan fingerprint density at radius 2 is 2.14 bits per heavy atom. The topological polar surface area (TPSA) is 63.0 Å². The van der Waals surface area contributed by atoms with Crippen molar-refractivity contribution in [2.45, 2.75) is 25.9 Å². The summed E-state index contributed by atoms with van der Waals surface area (Å²) in [6, 6.07) is 5.54. The fourth-order valence-electron chi connectivity index (χ4n) is 1.93. The molecule has 1 heterocycles. The van der Waals surface area contributed by atoms with Crippen molar-refractivity contribution in [1.82, 2.24) is 20.3 Å². The molecule has 0 radical (unpaired) electrons. The van der Waals surface area contributed by atoms with E-state index in [4.69, 9.17) is 28.3 Å². The first kappa shape index (κ1) is 16.2. The van der Waals surface area contributed by atoms with Gasteiger partial charge in [0.25, 0.3) is 0 Å². The summed E-state index contributed by atoms with van der Waals surface area (Å²) in [6.45, 7) is 2.30.